The van der Waals surface area contributed by atoms with E-state index >= 15 is 0 Å². The van der Waals surface area contributed by atoms with E-state index in [0.717, 1.165) is 41.1 Å². The Hall–Kier alpha value is -2.94. The van der Waals surface area contributed by atoms with Gasteiger partial charge in [0.15, 0.2) is 5.84 Å². The number of amidine groups is 2. The fourth-order valence-corrected chi connectivity index (χ4v) is 5.63. The lowest BCUT2D eigenvalue weighted by atomic mass is 9.88. The average molecular weight is 479 g/mol. The van der Waals surface area contributed by atoms with Gasteiger partial charge in [-0.25, -0.2) is 15.0 Å². The van der Waals surface area contributed by atoms with Crippen LogP contribution >= 0.6 is 0 Å². The van der Waals surface area contributed by atoms with Crippen molar-refractivity contribution in [2.45, 2.75) is 65.1 Å². The summed E-state index contributed by atoms with van der Waals surface area (Å²) < 4.78 is 8.31. The first-order valence-electron chi connectivity index (χ1n) is 13.0. The Morgan fingerprint density at radius 3 is 2.74 bits per heavy atom. The Balaban J connectivity index is 1.44. The van der Waals surface area contributed by atoms with E-state index < -0.39 is 0 Å². The molecule has 2 fully saturated rings. The first-order chi connectivity index (χ1) is 16.9. The number of nitrogens with zero attached hydrogens (tertiary/aromatic N) is 6. The van der Waals surface area contributed by atoms with E-state index in [-0.39, 0.29) is 11.9 Å². The van der Waals surface area contributed by atoms with Crippen LogP contribution in [0.4, 0.5) is 5.82 Å². The van der Waals surface area contributed by atoms with Gasteiger partial charge in [0.2, 0.25) is 0 Å². The predicted octanol–water partition coefficient (Wildman–Crippen LogP) is 3.39. The highest BCUT2D eigenvalue weighted by atomic mass is 16.5. The topological polar surface area (TPSA) is 94.7 Å². The Morgan fingerprint density at radius 1 is 1.20 bits per heavy atom. The smallest absolute Gasteiger partial charge is 0.155 e. The number of likely N-dealkylation sites (tertiary alicyclic amines) is 1. The predicted molar refractivity (Wildman–Crippen MR) is 140 cm³/mol. The maximum absolute atomic E-state index is 7.84. The highest BCUT2D eigenvalue weighted by molar-refractivity contribution is 6.04. The first-order valence-corrected chi connectivity index (χ1v) is 13.0. The fraction of sp³-hybridized carbons (Fsp3) is 0.615. The number of anilines is 1. The maximum atomic E-state index is 7.84. The summed E-state index contributed by atoms with van der Waals surface area (Å²) in [5.74, 6) is 4.31. The van der Waals surface area contributed by atoms with Gasteiger partial charge in [0.1, 0.15) is 35.5 Å². The van der Waals surface area contributed by atoms with Gasteiger partial charge < -0.3 is 24.4 Å². The van der Waals surface area contributed by atoms with Crippen LogP contribution < -0.4 is 15.0 Å². The normalized spacial score (nSPS) is 21.5. The van der Waals surface area contributed by atoms with Crippen molar-refractivity contribution in [3.63, 3.8) is 0 Å². The number of ether oxygens (including phenoxy) is 1. The SMILES string of the molecule is CC(=N)/N=C(\NC(C)C)c1cn2c(n1)-c1cnc(N3CCC[C@@H]3C3CCN(C)CC3)cc1OCC2. The van der Waals surface area contributed by atoms with E-state index in [1.807, 2.05) is 12.4 Å². The van der Waals surface area contributed by atoms with Crippen LogP contribution in [-0.4, -0.2) is 76.5 Å². The minimum Gasteiger partial charge on any atom is -0.491 e. The van der Waals surface area contributed by atoms with E-state index in [2.05, 4.69) is 51.6 Å². The first kappa shape index (κ1) is 23.8. The van der Waals surface area contributed by atoms with Crippen molar-refractivity contribution >= 4 is 17.5 Å². The Bertz CT molecular complexity index is 1100. The standard InChI is InChI=1S/C26H38N8O/c1-17(2)29-25(30-18(3)27)21-16-33-12-13-35-23-14-24(28-15-20(23)26(33)31-21)34-9-5-6-22(34)19-7-10-32(4)11-8-19/h14-17,19,22H,5-13H2,1-4H3,(H2,27,29,30)/t22-/m1/s1. The molecule has 0 bridgehead atoms. The van der Waals surface area contributed by atoms with Crippen LogP contribution in [0.3, 0.4) is 0 Å². The van der Waals surface area contributed by atoms with Crippen molar-refractivity contribution in [3.05, 3.63) is 24.2 Å². The number of rotatable bonds is 4. The lowest BCUT2D eigenvalue weighted by Gasteiger charge is -2.37. The molecular weight excluding hydrogens is 440 g/mol. The van der Waals surface area contributed by atoms with E-state index in [4.69, 9.17) is 20.1 Å². The van der Waals surface area contributed by atoms with Crippen LogP contribution in [0.5, 0.6) is 5.75 Å². The molecule has 2 aromatic rings. The molecule has 9 nitrogen and oxygen atoms in total. The Kier molecular flexibility index (Phi) is 6.77. The maximum Gasteiger partial charge on any atom is 0.155 e. The number of pyridine rings is 1. The van der Waals surface area contributed by atoms with Gasteiger partial charge in [-0.2, -0.15) is 0 Å². The second kappa shape index (κ2) is 9.97. The quantitative estimate of drug-likeness (QED) is 0.517. The molecule has 9 heteroatoms. The largest absolute Gasteiger partial charge is 0.491 e. The molecule has 2 aromatic heterocycles. The minimum absolute atomic E-state index is 0.187. The number of hydrogen-bond donors (Lipinski definition) is 2. The molecule has 3 aliphatic rings. The summed E-state index contributed by atoms with van der Waals surface area (Å²) >= 11 is 0. The van der Waals surface area contributed by atoms with Crippen molar-refractivity contribution in [1.29, 1.82) is 5.41 Å². The number of aromatic nitrogens is 3. The van der Waals surface area contributed by atoms with E-state index in [9.17, 15) is 0 Å². The van der Waals surface area contributed by atoms with Crippen molar-refractivity contribution in [3.8, 4) is 17.1 Å². The number of imidazole rings is 1. The zero-order valence-electron chi connectivity index (χ0n) is 21.4. The van der Waals surface area contributed by atoms with Crippen LogP contribution in [0.2, 0.25) is 0 Å². The molecule has 188 valence electrons. The monoisotopic (exact) mass is 478 g/mol. The van der Waals surface area contributed by atoms with E-state index in [1.54, 1.807) is 6.92 Å². The molecule has 2 saturated heterocycles. The molecule has 0 aromatic carbocycles. The summed E-state index contributed by atoms with van der Waals surface area (Å²) in [7, 11) is 2.23. The van der Waals surface area contributed by atoms with Gasteiger partial charge in [-0.05, 0) is 72.5 Å². The fourth-order valence-electron chi connectivity index (χ4n) is 5.63. The van der Waals surface area contributed by atoms with E-state index in [1.165, 1.54) is 38.8 Å². The Morgan fingerprint density at radius 2 is 2.00 bits per heavy atom. The van der Waals surface area contributed by atoms with Gasteiger partial charge in [0, 0.05) is 37.1 Å². The molecule has 0 spiro atoms. The summed E-state index contributed by atoms with van der Waals surface area (Å²) in [4.78, 5) is 19.2. The second-order valence-electron chi connectivity index (χ2n) is 10.4. The third kappa shape index (κ3) is 5.05. The number of fused-ring (bicyclic) bond motifs is 3. The second-order valence-corrected chi connectivity index (χ2v) is 10.4. The molecule has 35 heavy (non-hydrogen) atoms. The number of piperidine rings is 1. The van der Waals surface area contributed by atoms with Crippen molar-refractivity contribution < 1.29 is 4.74 Å². The van der Waals surface area contributed by atoms with E-state index in [0.29, 0.717) is 25.0 Å². The summed E-state index contributed by atoms with van der Waals surface area (Å²) in [6.07, 6.45) is 8.93. The number of nitrogens with one attached hydrogen (secondary N) is 2. The zero-order chi connectivity index (χ0) is 24.5. The molecular formula is C26H38N8O. The van der Waals surface area contributed by atoms with Gasteiger partial charge in [-0.1, -0.05) is 0 Å². The third-order valence-corrected chi connectivity index (χ3v) is 7.31. The summed E-state index contributed by atoms with van der Waals surface area (Å²) in [6.45, 7) is 10.5. The van der Waals surface area contributed by atoms with Crippen LogP contribution in [0.1, 0.15) is 52.1 Å². The molecule has 1 atom stereocenters. The van der Waals surface area contributed by atoms with Crippen LogP contribution in [0.25, 0.3) is 11.4 Å². The lowest BCUT2D eigenvalue weighted by molar-refractivity contribution is 0.198. The molecule has 2 N–H and O–H groups in total. The lowest BCUT2D eigenvalue weighted by Crippen LogP contribution is -2.42. The van der Waals surface area contributed by atoms with Gasteiger partial charge in [-0.3, -0.25) is 5.41 Å². The number of aliphatic imine (C=N–C) groups is 1. The van der Waals surface area contributed by atoms with Gasteiger partial charge in [0.25, 0.3) is 0 Å². The third-order valence-electron chi connectivity index (χ3n) is 7.31. The Labute approximate surface area is 208 Å². The minimum atomic E-state index is 0.187. The summed E-state index contributed by atoms with van der Waals surface area (Å²) in [5.41, 5.74) is 1.64. The van der Waals surface area contributed by atoms with Gasteiger partial charge in [0.05, 0.1) is 12.1 Å². The molecule has 0 radical (unpaired) electrons. The average Bonchev–Trinajstić information content (AvgIpc) is 3.43. The molecule has 0 saturated carbocycles. The van der Waals surface area contributed by atoms with Crippen LogP contribution in [-0.2, 0) is 6.54 Å². The van der Waals surface area contributed by atoms with Gasteiger partial charge in [-0.15, -0.1) is 0 Å². The van der Waals surface area contributed by atoms with Crippen LogP contribution in [0, 0.1) is 11.3 Å². The molecule has 0 unspecified atom stereocenters. The zero-order valence-corrected chi connectivity index (χ0v) is 21.4. The molecule has 0 amide bonds. The van der Waals surface area contributed by atoms with Crippen molar-refractivity contribution in [1.82, 2.24) is 24.8 Å². The molecule has 5 rings (SSSR count). The number of hydrogen-bond acceptors (Lipinski definition) is 6. The van der Waals surface area contributed by atoms with Crippen LogP contribution in [0.15, 0.2) is 23.5 Å². The summed E-state index contributed by atoms with van der Waals surface area (Å²) in [6, 6.07) is 2.88. The molecule has 3 aliphatic heterocycles. The van der Waals surface area contributed by atoms with Crippen molar-refractivity contribution in [2.75, 3.05) is 38.2 Å². The molecule has 0 aliphatic carbocycles. The molecule has 5 heterocycles. The summed E-state index contributed by atoms with van der Waals surface area (Å²) in [5, 5.41) is 11.2. The highest BCUT2D eigenvalue weighted by Gasteiger charge is 2.34. The highest BCUT2D eigenvalue weighted by Crippen LogP contribution is 2.38. The van der Waals surface area contributed by atoms with Crippen molar-refractivity contribution in [2.24, 2.45) is 10.9 Å². The van der Waals surface area contributed by atoms with Gasteiger partial charge >= 0.3 is 0 Å².